The van der Waals surface area contributed by atoms with Gasteiger partial charge >= 0.3 is 6.03 Å². The summed E-state index contributed by atoms with van der Waals surface area (Å²) >= 11 is 0. The Morgan fingerprint density at radius 1 is 1.38 bits per heavy atom. The van der Waals surface area contributed by atoms with E-state index in [2.05, 4.69) is 24.1 Å². The highest BCUT2D eigenvalue weighted by atomic mass is 16.5. The number of nitrogens with one attached hydrogen (secondary N) is 1. The lowest BCUT2D eigenvalue weighted by Gasteiger charge is -2.37. The topological polar surface area (TPSA) is 66.8 Å². The monoisotopic (exact) mass is 336 g/mol. The summed E-state index contributed by atoms with van der Waals surface area (Å²) in [6, 6.07) is 2.93. The Morgan fingerprint density at radius 2 is 2.04 bits per heavy atom. The number of hydrogen-bond acceptors (Lipinski definition) is 4. The smallest absolute Gasteiger partial charge is 0.321 e. The first-order valence-electron chi connectivity index (χ1n) is 8.26. The van der Waals surface area contributed by atoms with E-state index in [9.17, 15) is 9.59 Å². The zero-order chi connectivity index (χ0) is 17.7. The van der Waals surface area contributed by atoms with Crippen LogP contribution >= 0.6 is 0 Å². The van der Waals surface area contributed by atoms with Crippen LogP contribution in [0.4, 0.5) is 10.5 Å². The maximum Gasteiger partial charge on any atom is 0.321 e. The molecule has 2 rings (SSSR count). The van der Waals surface area contributed by atoms with E-state index in [1.165, 1.54) is 10.6 Å². The summed E-state index contributed by atoms with van der Waals surface area (Å²) < 4.78 is 6.84. The van der Waals surface area contributed by atoms with E-state index in [1.807, 2.05) is 0 Å². The van der Waals surface area contributed by atoms with Crippen LogP contribution in [0.25, 0.3) is 0 Å². The summed E-state index contributed by atoms with van der Waals surface area (Å²) in [4.78, 5) is 28.0. The summed E-state index contributed by atoms with van der Waals surface area (Å²) in [6.45, 7) is 9.28. The lowest BCUT2D eigenvalue weighted by molar-refractivity contribution is 0.0182. The molecule has 0 aliphatic carbocycles. The van der Waals surface area contributed by atoms with Gasteiger partial charge in [-0.1, -0.05) is 13.8 Å². The van der Waals surface area contributed by atoms with Crippen molar-refractivity contribution in [3.05, 3.63) is 28.7 Å². The van der Waals surface area contributed by atoms with Crippen molar-refractivity contribution in [2.45, 2.75) is 13.8 Å². The molecule has 0 spiro atoms. The molecule has 2 amide bonds. The van der Waals surface area contributed by atoms with Crippen molar-refractivity contribution < 1.29 is 9.53 Å². The number of aryl methyl sites for hydroxylation is 1. The largest absolute Gasteiger partial charge is 0.379 e. The van der Waals surface area contributed by atoms with Crippen LogP contribution < -0.4 is 10.9 Å². The molecular weight excluding hydrogens is 308 g/mol. The van der Waals surface area contributed by atoms with Crippen LogP contribution in [0, 0.1) is 5.41 Å². The molecule has 0 aromatic carbocycles. The third-order valence-corrected chi connectivity index (χ3v) is 4.12. The summed E-state index contributed by atoms with van der Waals surface area (Å²) in [6.07, 6.45) is 1.64. The fraction of sp³-hybridized carbons (Fsp3) is 0.647. The predicted molar refractivity (Wildman–Crippen MR) is 94.4 cm³/mol. The van der Waals surface area contributed by atoms with Gasteiger partial charge in [-0.3, -0.25) is 9.69 Å². The fourth-order valence-corrected chi connectivity index (χ4v) is 2.97. The first kappa shape index (κ1) is 18.5. The van der Waals surface area contributed by atoms with E-state index < -0.39 is 0 Å². The van der Waals surface area contributed by atoms with Gasteiger partial charge < -0.3 is 19.5 Å². The Labute approximate surface area is 143 Å². The van der Waals surface area contributed by atoms with Crippen LogP contribution in [0.15, 0.2) is 23.1 Å². The highest BCUT2D eigenvalue weighted by Crippen LogP contribution is 2.19. The highest BCUT2D eigenvalue weighted by Gasteiger charge is 2.26. The summed E-state index contributed by atoms with van der Waals surface area (Å²) in [5.41, 5.74) is 0.333. The molecular formula is C17H28N4O3. The Bertz CT molecular complexity index is 621. The molecule has 2 heterocycles. The van der Waals surface area contributed by atoms with Crippen molar-refractivity contribution in [3.8, 4) is 0 Å². The van der Waals surface area contributed by atoms with Crippen LogP contribution in [0.3, 0.4) is 0 Å². The summed E-state index contributed by atoms with van der Waals surface area (Å²) in [5, 5.41) is 2.78. The number of aromatic nitrogens is 1. The van der Waals surface area contributed by atoms with E-state index in [4.69, 9.17) is 4.74 Å². The molecule has 1 aromatic heterocycles. The lowest BCUT2D eigenvalue weighted by Crippen LogP contribution is -2.47. The average Bonchev–Trinajstić information content (AvgIpc) is 2.51. The molecule has 24 heavy (non-hydrogen) atoms. The van der Waals surface area contributed by atoms with Gasteiger partial charge in [-0.15, -0.1) is 0 Å². The molecule has 0 saturated carbocycles. The van der Waals surface area contributed by atoms with Crippen molar-refractivity contribution in [1.82, 2.24) is 14.4 Å². The van der Waals surface area contributed by atoms with Crippen molar-refractivity contribution in [3.63, 3.8) is 0 Å². The second kappa shape index (κ2) is 7.81. The van der Waals surface area contributed by atoms with E-state index >= 15 is 0 Å². The third-order valence-electron chi connectivity index (χ3n) is 4.12. The molecule has 0 bridgehead atoms. The standard InChI is InChI=1S/C17H28N4O3/c1-17(2,13-21-7-9-24-10-8-21)12-20(4)16(23)18-14-5-6-19(3)15(22)11-14/h5-6,11H,7-10,12-13H2,1-4H3,(H,18,23). The normalized spacial score (nSPS) is 16.0. The van der Waals surface area contributed by atoms with Crippen LogP contribution in [0.2, 0.25) is 0 Å². The van der Waals surface area contributed by atoms with Gasteiger partial charge in [-0.05, 0) is 11.5 Å². The number of amides is 2. The second-order valence-corrected chi connectivity index (χ2v) is 7.20. The van der Waals surface area contributed by atoms with E-state index in [-0.39, 0.29) is 17.0 Å². The molecule has 0 atom stereocenters. The molecule has 1 aromatic rings. The van der Waals surface area contributed by atoms with Gasteiger partial charge in [0, 0.05) is 58.2 Å². The minimum absolute atomic E-state index is 0.0315. The van der Waals surface area contributed by atoms with Crippen molar-refractivity contribution >= 4 is 11.7 Å². The third kappa shape index (κ3) is 5.35. The number of ether oxygens (including phenoxy) is 1. The number of hydrogen-bond donors (Lipinski definition) is 1. The molecule has 7 nitrogen and oxygen atoms in total. The zero-order valence-electron chi connectivity index (χ0n) is 15.0. The van der Waals surface area contributed by atoms with E-state index in [0.29, 0.717) is 12.2 Å². The molecule has 1 aliphatic heterocycles. The SMILES string of the molecule is CN(CC(C)(C)CN1CCOCC1)C(=O)Nc1ccn(C)c(=O)c1. The van der Waals surface area contributed by atoms with Crippen molar-refractivity contribution in [2.24, 2.45) is 12.5 Å². The summed E-state index contributed by atoms with van der Waals surface area (Å²) in [7, 11) is 3.45. The van der Waals surface area contributed by atoms with Gasteiger partial charge in [0.05, 0.1) is 13.2 Å². The molecule has 1 saturated heterocycles. The predicted octanol–water partition coefficient (Wildman–Crippen LogP) is 1.21. The van der Waals surface area contributed by atoms with Gasteiger partial charge in [-0.25, -0.2) is 4.79 Å². The minimum Gasteiger partial charge on any atom is -0.379 e. The Hall–Kier alpha value is -1.86. The molecule has 134 valence electrons. The maximum absolute atomic E-state index is 12.4. The van der Waals surface area contributed by atoms with E-state index in [1.54, 1.807) is 31.3 Å². The van der Waals surface area contributed by atoms with Gasteiger partial charge in [-0.2, -0.15) is 0 Å². The maximum atomic E-state index is 12.4. The lowest BCUT2D eigenvalue weighted by atomic mass is 9.92. The average molecular weight is 336 g/mol. The second-order valence-electron chi connectivity index (χ2n) is 7.20. The number of urea groups is 1. The number of morpholine rings is 1. The molecule has 0 unspecified atom stereocenters. The van der Waals surface area contributed by atoms with Gasteiger partial charge in [0.25, 0.3) is 5.56 Å². The van der Waals surface area contributed by atoms with Gasteiger partial charge in [0.15, 0.2) is 0 Å². The number of anilines is 1. The Kier molecular flexibility index (Phi) is 6.01. The molecule has 1 N–H and O–H groups in total. The first-order chi connectivity index (χ1) is 11.3. The molecule has 0 radical (unpaired) electrons. The fourth-order valence-electron chi connectivity index (χ4n) is 2.97. The quantitative estimate of drug-likeness (QED) is 0.878. The minimum atomic E-state index is -0.210. The van der Waals surface area contributed by atoms with Crippen molar-refractivity contribution in [1.29, 1.82) is 0 Å². The van der Waals surface area contributed by atoms with Gasteiger partial charge in [0.2, 0.25) is 0 Å². The van der Waals surface area contributed by atoms with Crippen molar-refractivity contribution in [2.75, 3.05) is 51.8 Å². The van der Waals surface area contributed by atoms with Crippen LogP contribution in [-0.2, 0) is 11.8 Å². The molecule has 7 heteroatoms. The Balaban J connectivity index is 1.89. The number of nitrogens with zero attached hydrogens (tertiary/aromatic N) is 3. The van der Waals surface area contributed by atoms with Gasteiger partial charge in [0.1, 0.15) is 0 Å². The van der Waals surface area contributed by atoms with Crippen LogP contribution in [-0.4, -0.2) is 66.8 Å². The summed E-state index contributed by atoms with van der Waals surface area (Å²) in [5.74, 6) is 0. The van der Waals surface area contributed by atoms with Crippen LogP contribution in [0.5, 0.6) is 0 Å². The molecule has 1 fully saturated rings. The zero-order valence-corrected chi connectivity index (χ0v) is 15.0. The Morgan fingerprint density at radius 3 is 2.67 bits per heavy atom. The first-order valence-corrected chi connectivity index (χ1v) is 8.26. The number of carbonyl (C=O) groups is 1. The number of pyridine rings is 1. The molecule has 1 aliphatic rings. The number of rotatable bonds is 5. The van der Waals surface area contributed by atoms with E-state index in [0.717, 1.165) is 32.8 Å². The van der Waals surface area contributed by atoms with Crippen LogP contribution in [0.1, 0.15) is 13.8 Å². The number of carbonyl (C=O) groups excluding carboxylic acids is 1. The highest BCUT2D eigenvalue weighted by molar-refractivity contribution is 5.89.